The number of methoxy groups -OCH3 is 1. The molecule has 1 aliphatic rings. The highest BCUT2D eigenvalue weighted by atomic mass is 16.5. The molecule has 1 aliphatic heterocycles. The van der Waals surface area contributed by atoms with E-state index in [1.807, 2.05) is 12.1 Å². The van der Waals surface area contributed by atoms with Gasteiger partial charge in [-0.3, -0.25) is 0 Å². The minimum atomic E-state index is 0.272. The highest BCUT2D eigenvalue weighted by Gasteiger charge is 2.24. The van der Waals surface area contributed by atoms with Crippen LogP contribution in [0.1, 0.15) is 37.8 Å². The average molecular weight is 279 g/mol. The molecular weight excluding hydrogens is 254 g/mol. The molecule has 0 bridgehead atoms. The van der Waals surface area contributed by atoms with E-state index in [0.29, 0.717) is 13.2 Å². The van der Waals surface area contributed by atoms with Crippen LogP contribution in [0.5, 0.6) is 5.75 Å². The van der Waals surface area contributed by atoms with Gasteiger partial charge >= 0.3 is 0 Å². The Labute approximate surface area is 121 Å². The molecule has 4 nitrogen and oxygen atoms in total. The molecule has 4 heteroatoms. The largest absolute Gasteiger partial charge is 0.496 e. The van der Waals surface area contributed by atoms with Crippen molar-refractivity contribution in [2.24, 2.45) is 5.73 Å². The number of nitrogens with two attached hydrogens (primary N) is 1. The second kappa shape index (κ2) is 7.07. The first-order chi connectivity index (χ1) is 9.62. The Morgan fingerprint density at radius 1 is 1.25 bits per heavy atom. The topological polar surface area (TPSA) is 53.7 Å². The summed E-state index contributed by atoms with van der Waals surface area (Å²) < 4.78 is 17.1. The van der Waals surface area contributed by atoms with Crippen LogP contribution in [0.25, 0.3) is 0 Å². The van der Waals surface area contributed by atoms with Gasteiger partial charge in [0.05, 0.1) is 32.0 Å². The summed E-state index contributed by atoms with van der Waals surface area (Å²) in [5.74, 6) is 0.835. The number of hydrogen-bond acceptors (Lipinski definition) is 4. The Balaban J connectivity index is 1.93. The SMILES string of the molecule is COc1cc(COC2CC(C)OC(C)C2)ccc1CN. The summed E-state index contributed by atoms with van der Waals surface area (Å²) in [4.78, 5) is 0. The lowest BCUT2D eigenvalue weighted by molar-refractivity contribution is -0.106. The Morgan fingerprint density at radius 3 is 2.55 bits per heavy atom. The fraction of sp³-hybridized carbons (Fsp3) is 0.625. The number of ether oxygens (including phenoxy) is 3. The maximum Gasteiger partial charge on any atom is 0.123 e. The fourth-order valence-corrected chi connectivity index (χ4v) is 2.74. The van der Waals surface area contributed by atoms with Gasteiger partial charge in [0, 0.05) is 12.1 Å². The summed E-state index contributed by atoms with van der Waals surface area (Å²) in [6.07, 6.45) is 2.75. The molecule has 1 heterocycles. The van der Waals surface area contributed by atoms with Crippen molar-refractivity contribution in [1.29, 1.82) is 0 Å². The van der Waals surface area contributed by atoms with Crippen molar-refractivity contribution in [2.75, 3.05) is 7.11 Å². The Morgan fingerprint density at radius 2 is 1.95 bits per heavy atom. The molecule has 0 spiro atoms. The molecule has 2 unspecified atom stereocenters. The molecule has 0 radical (unpaired) electrons. The Hall–Kier alpha value is -1.10. The molecule has 2 atom stereocenters. The van der Waals surface area contributed by atoms with E-state index < -0.39 is 0 Å². The van der Waals surface area contributed by atoms with E-state index in [1.54, 1.807) is 7.11 Å². The zero-order chi connectivity index (χ0) is 14.5. The second-order valence-electron chi connectivity index (χ2n) is 5.51. The zero-order valence-corrected chi connectivity index (χ0v) is 12.6. The minimum Gasteiger partial charge on any atom is -0.496 e. The van der Waals surface area contributed by atoms with Gasteiger partial charge in [0.25, 0.3) is 0 Å². The Bertz CT molecular complexity index is 426. The smallest absolute Gasteiger partial charge is 0.123 e. The summed E-state index contributed by atoms with van der Waals surface area (Å²) in [5.41, 5.74) is 7.81. The predicted octanol–water partition coefficient (Wildman–Crippen LogP) is 2.63. The quantitative estimate of drug-likeness (QED) is 0.900. The van der Waals surface area contributed by atoms with E-state index in [9.17, 15) is 0 Å². The third kappa shape index (κ3) is 3.95. The van der Waals surface area contributed by atoms with Crippen molar-refractivity contribution < 1.29 is 14.2 Å². The van der Waals surface area contributed by atoms with Crippen molar-refractivity contribution in [3.63, 3.8) is 0 Å². The molecule has 1 aromatic carbocycles. The molecule has 0 saturated carbocycles. The Kier molecular flexibility index (Phi) is 5.40. The van der Waals surface area contributed by atoms with Crippen LogP contribution in [-0.4, -0.2) is 25.4 Å². The zero-order valence-electron chi connectivity index (χ0n) is 12.6. The molecule has 1 saturated heterocycles. The van der Waals surface area contributed by atoms with Gasteiger partial charge in [-0.05, 0) is 38.3 Å². The van der Waals surface area contributed by atoms with Crippen LogP contribution in [-0.2, 0) is 22.6 Å². The van der Waals surface area contributed by atoms with E-state index in [4.69, 9.17) is 19.9 Å². The molecular formula is C16H25NO3. The van der Waals surface area contributed by atoms with Crippen LogP contribution in [0.2, 0.25) is 0 Å². The van der Waals surface area contributed by atoms with E-state index in [1.165, 1.54) is 0 Å². The van der Waals surface area contributed by atoms with Crippen molar-refractivity contribution in [1.82, 2.24) is 0 Å². The van der Waals surface area contributed by atoms with Gasteiger partial charge in [-0.2, -0.15) is 0 Å². The van der Waals surface area contributed by atoms with E-state index >= 15 is 0 Å². The van der Waals surface area contributed by atoms with Gasteiger partial charge in [-0.15, -0.1) is 0 Å². The number of rotatable bonds is 5. The molecule has 20 heavy (non-hydrogen) atoms. The predicted molar refractivity (Wildman–Crippen MR) is 78.7 cm³/mol. The van der Waals surface area contributed by atoms with Crippen LogP contribution < -0.4 is 10.5 Å². The minimum absolute atomic E-state index is 0.272. The van der Waals surface area contributed by atoms with Gasteiger partial charge in [0.15, 0.2) is 0 Å². The number of benzene rings is 1. The van der Waals surface area contributed by atoms with Gasteiger partial charge < -0.3 is 19.9 Å². The third-order valence-corrected chi connectivity index (χ3v) is 3.71. The first-order valence-electron chi connectivity index (χ1n) is 7.25. The van der Waals surface area contributed by atoms with Crippen LogP contribution in [0, 0.1) is 0 Å². The summed E-state index contributed by atoms with van der Waals surface area (Å²) in [6.45, 7) is 5.29. The molecule has 2 rings (SSSR count). The molecule has 1 fully saturated rings. The van der Waals surface area contributed by atoms with Crippen molar-refractivity contribution in [2.45, 2.75) is 58.2 Å². The highest BCUT2D eigenvalue weighted by molar-refractivity contribution is 5.37. The van der Waals surface area contributed by atoms with Gasteiger partial charge in [0.2, 0.25) is 0 Å². The maximum absolute atomic E-state index is 6.02. The first-order valence-corrected chi connectivity index (χ1v) is 7.25. The van der Waals surface area contributed by atoms with Gasteiger partial charge in [0.1, 0.15) is 5.75 Å². The van der Waals surface area contributed by atoms with Crippen molar-refractivity contribution in [3.8, 4) is 5.75 Å². The normalized spacial score (nSPS) is 26.5. The third-order valence-electron chi connectivity index (χ3n) is 3.71. The molecule has 2 N–H and O–H groups in total. The lowest BCUT2D eigenvalue weighted by Crippen LogP contribution is -2.33. The monoisotopic (exact) mass is 279 g/mol. The fourth-order valence-electron chi connectivity index (χ4n) is 2.74. The standard InChI is InChI=1S/C16H25NO3/c1-11-6-15(7-12(2)20-11)19-10-13-4-5-14(9-17)16(8-13)18-3/h4-5,8,11-12,15H,6-7,9-10,17H2,1-3H3. The molecule has 0 aromatic heterocycles. The van der Waals surface area contributed by atoms with Crippen molar-refractivity contribution in [3.05, 3.63) is 29.3 Å². The summed E-state index contributed by atoms with van der Waals surface area (Å²) in [6, 6.07) is 6.07. The second-order valence-corrected chi connectivity index (χ2v) is 5.51. The van der Waals surface area contributed by atoms with Crippen molar-refractivity contribution >= 4 is 0 Å². The van der Waals surface area contributed by atoms with Gasteiger partial charge in [-0.1, -0.05) is 12.1 Å². The summed E-state index contributed by atoms with van der Waals surface area (Å²) in [5, 5.41) is 0. The molecule has 0 aliphatic carbocycles. The summed E-state index contributed by atoms with van der Waals surface area (Å²) in [7, 11) is 1.67. The van der Waals surface area contributed by atoms with Crippen LogP contribution in [0.3, 0.4) is 0 Å². The van der Waals surface area contributed by atoms with Crippen LogP contribution >= 0.6 is 0 Å². The highest BCUT2D eigenvalue weighted by Crippen LogP contribution is 2.24. The van der Waals surface area contributed by atoms with E-state index in [0.717, 1.165) is 29.7 Å². The van der Waals surface area contributed by atoms with E-state index in [-0.39, 0.29) is 18.3 Å². The van der Waals surface area contributed by atoms with Crippen LogP contribution in [0.15, 0.2) is 18.2 Å². The van der Waals surface area contributed by atoms with E-state index in [2.05, 4.69) is 19.9 Å². The lowest BCUT2D eigenvalue weighted by atomic mass is 10.0. The first kappa shape index (κ1) is 15.3. The molecule has 0 amide bonds. The molecule has 112 valence electrons. The number of hydrogen-bond donors (Lipinski definition) is 1. The van der Waals surface area contributed by atoms with Gasteiger partial charge in [-0.25, -0.2) is 0 Å². The summed E-state index contributed by atoms with van der Waals surface area (Å²) >= 11 is 0. The molecule has 1 aromatic rings. The lowest BCUT2D eigenvalue weighted by Gasteiger charge is -2.32. The van der Waals surface area contributed by atoms with Crippen LogP contribution in [0.4, 0.5) is 0 Å². The maximum atomic E-state index is 6.02. The average Bonchev–Trinajstić information content (AvgIpc) is 2.43.